The third kappa shape index (κ3) is 2.69. The lowest BCUT2D eigenvalue weighted by Crippen LogP contribution is -2.45. The van der Waals surface area contributed by atoms with Crippen molar-refractivity contribution < 1.29 is 19.8 Å². The average molecular weight is 414 g/mol. The zero-order chi connectivity index (χ0) is 21.8. The minimum Gasteiger partial charge on any atom is -0.465 e. The number of hydrogen-bond acceptors (Lipinski definition) is 4. The van der Waals surface area contributed by atoms with Gasteiger partial charge in [0.2, 0.25) is 5.95 Å². The standard InChI is InChI=1S/C23H18N4O4/c1-26(22(29)30)21-24-18-12-11-14(13-19(18)25-21)23(31)17-10-6-5-9-16(17)20(28)27(23)15-7-3-2-4-8-15/h2-13,31H,1H3,(H,24,25)(H,29,30). The molecule has 2 amide bonds. The molecule has 4 aromatic rings. The van der Waals surface area contributed by atoms with Crippen molar-refractivity contribution in [3.63, 3.8) is 0 Å². The summed E-state index contributed by atoms with van der Waals surface area (Å²) in [5.74, 6) is -0.144. The highest BCUT2D eigenvalue weighted by Crippen LogP contribution is 2.45. The van der Waals surface area contributed by atoms with Crippen molar-refractivity contribution in [2.45, 2.75) is 5.72 Å². The molecular weight excluding hydrogens is 396 g/mol. The summed E-state index contributed by atoms with van der Waals surface area (Å²) in [5.41, 5.74) is 1.25. The summed E-state index contributed by atoms with van der Waals surface area (Å²) in [6, 6.07) is 21.0. The first-order chi connectivity index (χ1) is 14.9. The lowest BCUT2D eigenvalue weighted by Gasteiger charge is -2.34. The van der Waals surface area contributed by atoms with Crippen LogP contribution >= 0.6 is 0 Å². The average Bonchev–Trinajstić information content (AvgIpc) is 3.31. The molecule has 1 aromatic heterocycles. The van der Waals surface area contributed by atoms with Crippen LogP contribution in [0.2, 0.25) is 0 Å². The van der Waals surface area contributed by atoms with E-state index in [1.807, 2.05) is 6.07 Å². The number of benzene rings is 3. The maximum Gasteiger partial charge on any atom is 0.413 e. The number of para-hydroxylation sites is 1. The first kappa shape index (κ1) is 18.8. The molecular formula is C23H18N4O4. The van der Waals surface area contributed by atoms with E-state index in [4.69, 9.17) is 0 Å². The first-order valence-corrected chi connectivity index (χ1v) is 9.59. The fourth-order valence-corrected chi connectivity index (χ4v) is 3.99. The Morgan fingerprint density at radius 3 is 2.52 bits per heavy atom. The summed E-state index contributed by atoms with van der Waals surface area (Å²) >= 11 is 0. The fraction of sp³-hybridized carbons (Fsp3) is 0.0870. The minimum atomic E-state index is -1.74. The third-order valence-electron chi connectivity index (χ3n) is 5.55. The molecule has 0 fully saturated rings. The Kier molecular flexibility index (Phi) is 4.06. The number of H-pyrrole nitrogens is 1. The lowest BCUT2D eigenvalue weighted by molar-refractivity contribution is 0.0704. The largest absolute Gasteiger partial charge is 0.465 e. The van der Waals surface area contributed by atoms with Crippen molar-refractivity contribution in [3.05, 3.63) is 89.5 Å². The first-order valence-electron chi connectivity index (χ1n) is 9.59. The molecule has 3 aromatic carbocycles. The van der Waals surface area contributed by atoms with E-state index in [0.717, 1.165) is 4.90 Å². The number of carbonyl (C=O) groups excluding carboxylic acids is 1. The van der Waals surface area contributed by atoms with Gasteiger partial charge in [-0.1, -0.05) is 42.5 Å². The van der Waals surface area contributed by atoms with Gasteiger partial charge in [-0.05, 0) is 30.3 Å². The van der Waals surface area contributed by atoms with Crippen LogP contribution in [0.25, 0.3) is 11.0 Å². The molecule has 1 aliphatic rings. The van der Waals surface area contributed by atoms with Crippen LogP contribution in [0.5, 0.6) is 0 Å². The molecule has 31 heavy (non-hydrogen) atoms. The van der Waals surface area contributed by atoms with E-state index in [9.17, 15) is 19.8 Å². The van der Waals surface area contributed by atoms with Crippen molar-refractivity contribution in [1.29, 1.82) is 0 Å². The SMILES string of the molecule is CN(C(=O)O)c1nc2ccc(C3(O)c4ccccc4C(=O)N3c3ccccc3)cc2[nH]1. The van der Waals surface area contributed by atoms with E-state index in [0.29, 0.717) is 33.4 Å². The number of nitrogens with one attached hydrogen (secondary N) is 1. The van der Waals surface area contributed by atoms with Gasteiger partial charge in [-0.15, -0.1) is 0 Å². The maximum atomic E-state index is 13.3. The molecule has 0 aliphatic carbocycles. The molecule has 2 heterocycles. The number of hydrogen-bond donors (Lipinski definition) is 3. The summed E-state index contributed by atoms with van der Waals surface area (Å²) in [4.78, 5) is 34.2. The number of rotatable bonds is 3. The second-order valence-corrected chi connectivity index (χ2v) is 7.33. The van der Waals surface area contributed by atoms with Gasteiger partial charge < -0.3 is 15.2 Å². The molecule has 0 saturated heterocycles. The molecule has 1 aliphatic heterocycles. The molecule has 8 heteroatoms. The van der Waals surface area contributed by atoms with Crippen molar-refractivity contribution in [3.8, 4) is 0 Å². The summed E-state index contributed by atoms with van der Waals surface area (Å²) < 4.78 is 0. The van der Waals surface area contributed by atoms with Gasteiger partial charge in [-0.2, -0.15) is 0 Å². The van der Waals surface area contributed by atoms with Gasteiger partial charge >= 0.3 is 6.09 Å². The molecule has 1 atom stereocenters. The molecule has 0 bridgehead atoms. The highest BCUT2D eigenvalue weighted by atomic mass is 16.4. The van der Waals surface area contributed by atoms with Crippen LogP contribution in [0.4, 0.5) is 16.4 Å². The van der Waals surface area contributed by atoms with Crippen LogP contribution < -0.4 is 9.80 Å². The Morgan fingerprint density at radius 1 is 1.06 bits per heavy atom. The summed E-state index contributed by atoms with van der Waals surface area (Å²) in [7, 11) is 1.39. The van der Waals surface area contributed by atoms with E-state index < -0.39 is 11.8 Å². The number of carbonyl (C=O) groups is 2. The highest BCUT2D eigenvalue weighted by Gasteiger charge is 2.50. The smallest absolute Gasteiger partial charge is 0.413 e. The topological polar surface area (TPSA) is 110 Å². The molecule has 3 N–H and O–H groups in total. The van der Waals surface area contributed by atoms with Gasteiger partial charge in [0.15, 0.2) is 5.72 Å². The Hall–Kier alpha value is -4.17. The Labute approximate surface area is 177 Å². The van der Waals surface area contributed by atoms with E-state index in [1.54, 1.807) is 66.7 Å². The van der Waals surface area contributed by atoms with E-state index >= 15 is 0 Å². The summed E-state index contributed by atoms with van der Waals surface area (Å²) in [6.45, 7) is 0. The van der Waals surface area contributed by atoms with Gasteiger partial charge in [-0.25, -0.2) is 9.78 Å². The summed E-state index contributed by atoms with van der Waals surface area (Å²) in [6.07, 6.45) is -1.15. The molecule has 8 nitrogen and oxygen atoms in total. The number of aromatic nitrogens is 2. The molecule has 1 unspecified atom stereocenters. The van der Waals surface area contributed by atoms with Crippen LogP contribution in [0, 0.1) is 0 Å². The number of carboxylic acid groups (broad SMARTS) is 1. The molecule has 0 spiro atoms. The zero-order valence-electron chi connectivity index (χ0n) is 16.5. The fourth-order valence-electron chi connectivity index (χ4n) is 3.99. The number of nitrogens with zero attached hydrogens (tertiary/aromatic N) is 3. The van der Waals surface area contributed by atoms with Gasteiger partial charge in [0.25, 0.3) is 5.91 Å². The zero-order valence-corrected chi connectivity index (χ0v) is 16.5. The molecule has 0 saturated carbocycles. The van der Waals surface area contributed by atoms with Crippen molar-refractivity contribution in [1.82, 2.24) is 9.97 Å². The lowest BCUT2D eigenvalue weighted by atomic mass is 9.93. The Bertz CT molecular complexity index is 1330. The van der Waals surface area contributed by atoms with E-state index in [-0.39, 0.29) is 11.9 Å². The van der Waals surface area contributed by atoms with Crippen LogP contribution in [-0.4, -0.2) is 39.2 Å². The number of imidazole rings is 1. The van der Waals surface area contributed by atoms with Gasteiger partial charge in [-0.3, -0.25) is 14.6 Å². The van der Waals surface area contributed by atoms with Crippen LogP contribution in [-0.2, 0) is 5.72 Å². The van der Waals surface area contributed by atoms with Crippen LogP contribution in [0.15, 0.2) is 72.8 Å². The van der Waals surface area contributed by atoms with Crippen molar-refractivity contribution in [2.24, 2.45) is 0 Å². The Morgan fingerprint density at radius 2 is 1.77 bits per heavy atom. The van der Waals surface area contributed by atoms with Crippen LogP contribution in [0.3, 0.4) is 0 Å². The third-order valence-corrected chi connectivity index (χ3v) is 5.55. The summed E-state index contributed by atoms with van der Waals surface area (Å²) in [5, 5.41) is 21.2. The molecule has 154 valence electrons. The van der Waals surface area contributed by atoms with Gasteiger partial charge in [0, 0.05) is 29.4 Å². The Balaban J connectivity index is 1.71. The number of aromatic amines is 1. The van der Waals surface area contributed by atoms with Crippen LogP contribution in [0.1, 0.15) is 21.5 Å². The predicted molar refractivity (Wildman–Crippen MR) is 115 cm³/mol. The normalized spacial score (nSPS) is 17.7. The number of fused-ring (bicyclic) bond motifs is 2. The monoisotopic (exact) mass is 414 g/mol. The van der Waals surface area contributed by atoms with E-state index in [2.05, 4.69) is 9.97 Å². The predicted octanol–water partition coefficient (Wildman–Crippen LogP) is 3.53. The number of amides is 2. The second-order valence-electron chi connectivity index (χ2n) is 7.33. The van der Waals surface area contributed by atoms with Crippen molar-refractivity contribution >= 4 is 34.7 Å². The minimum absolute atomic E-state index is 0.162. The van der Waals surface area contributed by atoms with Gasteiger partial charge in [0.05, 0.1) is 11.0 Å². The maximum absolute atomic E-state index is 13.3. The second kappa shape index (κ2) is 6.68. The number of aliphatic hydroxyl groups is 1. The van der Waals surface area contributed by atoms with Crippen molar-refractivity contribution in [2.75, 3.05) is 16.8 Å². The molecule has 0 radical (unpaired) electrons. The van der Waals surface area contributed by atoms with E-state index in [1.165, 1.54) is 11.9 Å². The van der Waals surface area contributed by atoms with Gasteiger partial charge in [0.1, 0.15) is 0 Å². The highest BCUT2D eigenvalue weighted by molar-refractivity contribution is 6.12. The molecule has 5 rings (SSSR count). The number of anilines is 2. The quantitative estimate of drug-likeness (QED) is 0.475.